The summed E-state index contributed by atoms with van der Waals surface area (Å²) in [5.41, 5.74) is 1.94. The topological polar surface area (TPSA) is 51.3 Å². The molecular weight excluding hydrogens is 249 g/mol. The average Bonchev–Trinajstić information content (AvgIpc) is 2.77. The molecule has 0 bridgehead atoms. The van der Waals surface area contributed by atoms with Crippen LogP contribution in [0.3, 0.4) is 0 Å². The molecule has 1 heterocycles. The van der Waals surface area contributed by atoms with Crippen LogP contribution in [0.4, 0.5) is 4.39 Å². The summed E-state index contributed by atoms with van der Waals surface area (Å²) in [7, 11) is 1.45. The smallest absolute Gasteiger partial charge is 0.332 e. The Morgan fingerprint density at radius 2 is 2.26 bits per heavy atom. The molecule has 5 heteroatoms. The Hall–Kier alpha value is -1.88. The van der Waals surface area contributed by atoms with Gasteiger partial charge >= 0.3 is 5.97 Å². The van der Waals surface area contributed by atoms with Crippen molar-refractivity contribution in [3.05, 3.63) is 35.8 Å². The second-order valence-corrected chi connectivity index (χ2v) is 4.26. The zero-order valence-electron chi connectivity index (χ0n) is 10.7. The van der Waals surface area contributed by atoms with Gasteiger partial charge in [-0.15, -0.1) is 0 Å². The minimum atomic E-state index is -0.368. The van der Waals surface area contributed by atoms with Gasteiger partial charge < -0.3 is 14.5 Å². The number of hydrogen-bond acceptors (Lipinski definition) is 3. The van der Waals surface area contributed by atoms with Gasteiger partial charge in [0.05, 0.1) is 6.61 Å². The highest BCUT2D eigenvalue weighted by molar-refractivity contribution is 5.83. The summed E-state index contributed by atoms with van der Waals surface area (Å²) in [6.07, 6.45) is 3.28. The Balaban J connectivity index is 1.88. The van der Waals surface area contributed by atoms with Crippen LogP contribution in [0.2, 0.25) is 0 Å². The molecule has 0 fully saturated rings. The summed E-state index contributed by atoms with van der Waals surface area (Å²) < 4.78 is 22.8. The van der Waals surface area contributed by atoms with Crippen LogP contribution < -0.4 is 0 Å². The number of ether oxygens (including phenoxy) is 2. The molecule has 2 aromatic rings. The predicted octanol–water partition coefficient (Wildman–Crippen LogP) is 2.43. The zero-order valence-corrected chi connectivity index (χ0v) is 10.7. The van der Waals surface area contributed by atoms with E-state index in [4.69, 9.17) is 4.74 Å². The van der Waals surface area contributed by atoms with Crippen LogP contribution in [0.5, 0.6) is 0 Å². The highest BCUT2D eigenvalue weighted by atomic mass is 19.1. The minimum Gasteiger partial charge on any atom is -0.464 e. The first-order valence-electron chi connectivity index (χ1n) is 6.11. The molecule has 0 spiro atoms. The van der Waals surface area contributed by atoms with Gasteiger partial charge in [-0.2, -0.15) is 0 Å². The Labute approximate surface area is 110 Å². The van der Waals surface area contributed by atoms with Crippen molar-refractivity contribution >= 4 is 16.9 Å². The molecule has 0 radical (unpaired) electrons. The molecule has 0 saturated carbocycles. The Kier molecular flexibility index (Phi) is 4.52. The maximum atomic E-state index is 13.2. The van der Waals surface area contributed by atoms with E-state index in [0.29, 0.717) is 13.0 Å². The van der Waals surface area contributed by atoms with E-state index < -0.39 is 0 Å². The number of aromatic amines is 1. The van der Waals surface area contributed by atoms with Crippen molar-refractivity contribution in [1.82, 2.24) is 4.98 Å². The third-order valence-electron chi connectivity index (χ3n) is 2.85. The second-order valence-electron chi connectivity index (χ2n) is 4.26. The van der Waals surface area contributed by atoms with Crippen LogP contribution in [0.15, 0.2) is 24.4 Å². The molecule has 0 unspecified atom stereocenters. The molecule has 0 saturated heterocycles. The van der Waals surface area contributed by atoms with Gasteiger partial charge in [0.1, 0.15) is 12.4 Å². The highest BCUT2D eigenvalue weighted by Crippen LogP contribution is 2.20. The molecule has 0 aliphatic heterocycles. The lowest BCUT2D eigenvalue weighted by Gasteiger charge is -2.03. The molecule has 0 atom stereocenters. The maximum absolute atomic E-state index is 13.2. The Bertz CT molecular complexity index is 565. The largest absolute Gasteiger partial charge is 0.464 e. The van der Waals surface area contributed by atoms with E-state index in [0.717, 1.165) is 22.9 Å². The minimum absolute atomic E-state index is 0.0295. The molecule has 102 valence electrons. The van der Waals surface area contributed by atoms with Crippen molar-refractivity contribution in [2.75, 3.05) is 20.3 Å². The summed E-state index contributed by atoms with van der Waals surface area (Å²) in [5.74, 6) is -0.618. The van der Waals surface area contributed by atoms with Gasteiger partial charge in [0.25, 0.3) is 0 Å². The molecule has 19 heavy (non-hydrogen) atoms. The third kappa shape index (κ3) is 3.54. The lowest BCUT2D eigenvalue weighted by Crippen LogP contribution is -2.12. The van der Waals surface area contributed by atoms with E-state index in [-0.39, 0.29) is 18.4 Å². The van der Waals surface area contributed by atoms with Crippen LogP contribution in [-0.2, 0) is 20.7 Å². The fourth-order valence-electron chi connectivity index (χ4n) is 1.97. The standard InChI is InChI=1S/C14H16FNO3/c1-18-9-14(17)19-6-2-3-10-8-16-13-5-4-11(15)7-12(10)13/h4-5,7-8,16H,2-3,6,9H2,1H3. The van der Waals surface area contributed by atoms with Crippen LogP contribution in [0.25, 0.3) is 10.9 Å². The molecule has 0 aliphatic carbocycles. The molecule has 0 aliphatic rings. The van der Waals surface area contributed by atoms with Crippen LogP contribution >= 0.6 is 0 Å². The lowest BCUT2D eigenvalue weighted by molar-refractivity contribution is -0.147. The summed E-state index contributed by atoms with van der Waals surface area (Å²) in [5, 5.41) is 0.878. The number of fused-ring (bicyclic) bond motifs is 1. The summed E-state index contributed by atoms with van der Waals surface area (Å²) >= 11 is 0. The number of carbonyl (C=O) groups is 1. The molecule has 1 aromatic carbocycles. The van der Waals surface area contributed by atoms with Crippen LogP contribution in [0, 0.1) is 5.82 Å². The molecule has 1 N–H and O–H groups in total. The lowest BCUT2D eigenvalue weighted by atomic mass is 10.1. The number of esters is 1. The fourth-order valence-corrected chi connectivity index (χ4v) is 1.97. The number of hydrogen-bond donors (Lipinski definition) is 1. The second kappa shape index (κ2) is 6.33. The van der Waals surface area contributed by atoms with Crippen molar-refractivity contribution in [2.24, 2.45) is 0 Å². The number of benzene rings is 1. The Morgan fingerprint density at radius 1 is 1.42 bits per heavy atom. The van der Waals surface area contributed by atoms with Crippen LogP contribution in [-0.4, -0.2) is 31.3 Å². The first kappa shape index (κ1) is 13.5. The molecule has 2 rings (SSSR count). The van der Waals surface area contributed by atoms with Crippen LogP contribution in [0.1, 0.15) is 12.0 Å². The number of nitrogens with one attached hydrogen (secondary N) is 1. The van der Waals surface area contributed by atoms with Crippen molar-refractivity contribution in [2.45, 2.75) is 12.8 Å². The zero-order chi connectivity index (χ0) is 13.7. The Morgan fingerprint density at radius 3 is 3.05 bits per heavy atom. The molecule has 0 amide bonds. The van der Waals surface area contributed by atoms with E-state index in [1.54, 1.807) is 6.07 Å². The van der Waals surface area contributed by atoms with E-state index in [1.165, 1.54) is 19.2 Å². The van der Waals surface area contributed by atoms with Gasteiger partial charge in [-0.05, 0) is 36.6 Å². The first-order chi connectivity index (χ1) is 9.20. The number of aromatic nitrogens is 1. The van der Waals surface area contributed by atoms with Gasteiger partial charge in [-0.25, -0.2) is 9.18 Å². The monoisotopic (exact) mass is 265 g/mol. The summed E-state index contributed by atoms with van der Waals surface area (Å²) in [6.45, 7) is 0.308. The first-order valence-corrected chi connectivity index (χ1v) is 6.11. The quantitative estimate of drug-likeness (QED) is 0.644. The average molecular weight is 265 g/mol. The van der Waals surface area contributed by atoms with Gasteiger partial charge in [0.15, 0.2) is 0 Å². The van der Waals surface area contributed by atoms with Gasteiger partial charge in [-0.1, -0.05) is 0 Å². The molecular formula is C14H16FNO3. The van der Waals surface area contributed by atoms with E-state index in [1.807, 2.05) is 6.20 Å². The molecule has 1 aromatic heterocycles. The van der Waals surface area contributed by atoms with Gasteiger partial charge in [0.2, 0.25) is 0 Å². The predicted molar refractivity (Wildman–Crippen MR) is 69.4 cm³/mol. The van der Waals surface area contributed by atoms with Gasteiger partial charge in [-0.3, -0.25) is 0 Å². The number of aryl methyl sites for hydroxylation is 1. The fraction of sp³-hybridized carbons (Fsp3) is 0.357. The van der Waals surface area contributed by atoms with E-state index >= 15 is 0 Å². The van der Waals surface area contributed by atoms with Gasteiger partial charge in [0, 0.05) is 24.2 Å². The van der Waals surface area contributed by atoms with Crippen molar-refractivity contribution in [3.63, 3.8) is 0 Å². The number of carbonyl (C=O) groups excluding carboxylic acids is 1. The summed E-state index contributed by atoms with van der Waals surface area (Å²) in [4.78, 5) is 14.1. The van der Waals surface area contributed by atoms with Crippen molar-refractivity contribution in [1.29, 1.82) is 0 Å². The maximum Gasteiger partial charge on any atom is 0.332 e. The van der Waals surface area contributed by atoms with E-state index in [2.05, 4.69) is 9.72 Å². The number of H-pyrrole nitrogens is 1. The number of halogens is 1. The van der Waals surface area contributed by atoms with E-state index in [9.17, 15) is 9.18 Å². The van der Waals surface area contributed by atoms with Crippen molar-refractivity contribution in [3.8, 4) is 0 Å². The SMILES string of the molecule is COCC(=O)OCCCc1c[nH]c2ccc(F)cc12. The molecule has 4 nitrogen and oxygen atoms in total. The third-order valence-corrected chi connectivity index (χ3v) is 2.85. The number of methoxy groups -OCH3 is 1. The normalized spacial score (nSPS) is 10.8. The summed E-state index contributed by atoms with van der Waals surface area (Å²) in [6, 6.07) is 4.65. The van der Waals surface area contributed by atoms with Crippen molar-refractivity contribution < 1.29 is 18.7 Å². The highest BCUT2D eigenvalue weighted by Gasteiger charge is 2.06. The number of rotatable bonds is 6.